The smallest absolute Gasteiger partial charge is 0.257 e. The molecule has 11 heteroatoms. The number of sulfone groups is 1. The van der Waals surface area contributed by atoms with Crippen molar-refractivity contribution >= 4 is 38.7 Å². The minimum atomic E-state index is -3.95. The van der Waals surface area contributed by atoms with Crippen molar-refractivity contribution in [1.82, 2.24) is 15.3 Å². The van der Waals surface area contributed by atoms with Crippen molar-refractivity contribution in [3.05, 3.63) is 88.8 Å². The van der Waals surface area contributed by atoms with Crippen molar-refractivity contribution in [1.29, 1.82) is 0 Å². The molecular weight excluding hydrogens is 479 g/mol. The highest BCUT2D eigenvalue weighted by atomic mass is 32.2. The predicted molar refractivity (Wildman–Crippen MR) is 123 cm³/mol. The summed E-state index contributed by atoms with van der Waals surface area (Å²) in [5.41, 5.74) is 0.646. The summed E-state index contributed by atoms with van der Waals surface area (Å²) in [5.74, 6) is -1.45. The molecule has 1 aliphatic heterocycles. The summed E-state index contributed by atoms with van der Waals surface area (Å²) < 4.78 is 39.5. The number of nitrogens with zero attached hydrogens (tertiary/aromatic N) is 2. The Bertz CT molecular complexity index is 1570. The zero-order chi connectivity index (χ0) is 23.9. The second-order valence-electron chi connectivity index (χ2n) is 7.34. The minimum Gasteiger partial charge on any atom is -0.347 e. The van der Waals surface area contributed by atoms with E-state index in [9.17, 15) is 22.4 Å². The fraction of sp³-hybridized carbons (Fsp3) is 0.0435. The Morgan fingerprint density at radius 1 is 1.06 bits per heavy atom. The zero-order valence-electron chi connectivity index (χ0n) is 17.3. The van der Waals surface area contributed by atoms with Gasteiger partial charge in [-0.05, 0) is 36.4 Å². The third-order valence-corrected chi connectivity index (χ3v) is 8.01. The first-order valence-electron chi connectivity index (χ1n) is 9.97. The summed E-state index contributed by atoms with van der Waals surface area (Å²) in [4.78, 5) is 34.1. The molecule has 0 bridgehead atoms. The number of hydrogen-bond acceptors (Lipinski definition) is 7. The number of pyridine rings is 1. The van der Waals surface area contributed by atoms with E-state index in [1.54, 1.807) is 18.3 Å². The van der Waals surface area contributed by atoms with Crippen LogP contribution in [0.5, 0.6) is 0 Å². The third-order valence-electron chi connectivity index (χ3n) is 5.12. The number of hydrogen-bond donors (Lipinski definition) is 2. The van der Waals surface area contributed by atoms with Crippen LogP contribution in [0.4, 0.5) is 10.1 Å². The molecule has 0 unspecified atom stereocenters. The minimum absolute atomic E-state index is 0.0334. The van der Waals surface area contributed by atoms with Gasteiger partial charge >= 0.3 is 0 Å². The van der Waals surface area contributed by atoms with E-state index in [1.165, 1.54) is 60.0 Å². The van der Waals surface area contributed by atoms with Crippen LogP contribution in [-0.4, -0.2) is 30.2 Å². The second-order valence-corrected chi connectivity index (χ2v) is 10.3. The highest BCUT2D eigenvalue weighted by Gasteiger charge is 2.31. The van der Waals surface area contributed by atoms with Gasteiger partial charge in [-0.1, -0.05) is 12.1 Å². The van der Waals surface area contributed by atoms with E-state index in [-0.39, 0.29) is 33.2 Å². The largest absolute Gasteiger partial charge is 0.347 e. The Kier molecular flexibility index (Phi) is 5.42. The van der Waals surface area contributed by atoms with Crippen molar-refractivity contribution in [2.45, 2.75) is 16.3 Å². The Balaban J connectivity index is 1.36. The number of carbonyl (C=O) groups is 2. The van der Waals surface area contributed by atoms with Crippen LogP contribution in [0.25, 0.3) is 10.7 Å². The standard InChI is InChI=1S/C23H15FN4O4S2/c24-14-7-8-25-18(10-14)23-27-12-15(33-23)11-26-21(29)13-5-6-20-17(9-13)28-22(30)16-3-1-2-4-19(16)34(20,31)32/h1-10,12H,11H2,(H,26,29)(H,28,30). The molecule has 34 heavy (non-hydrogen) atoms. The molecule has 0 fully saturated rings. The number of halogens is 1. The number of benzene rings is 2. The molecule has 5 rings (SSSR count). The fourth-order valence-electron chi connectivity index (χ4n) is 3.50. The molecule has 0 aliphatic carbocycles. The highest BCUT2D eigenvalue weighted by molar-refractivity contribution is 7.91. The SMILES string of the molecule is O=C(NCc1cnc(-c2cc(F)ccn2)s1)c1ccc2c(c1)NC(=O)c1ccccc1S2(=O)=O. The average molecular weight is 495 g/mol. The van der Waals surface area contributed by atoms with Crippen molar-refractivity contribution in [3.63, 3.8) is 0 Å². The summed E-state index contributed by atoms with van der Waals surface area (Å²) in [6.07, 6.45) is 2.91. The van der Waals surface area contributed by atoms with Gasteiger partial charge in [-0.25, -0.2) is 17.8 Å². The van der Waals surface area contributed by atoms with Crippen molar-refractivity contribution in [3.8, 4) is 10.7 Å². The Morgan fingerprint density at radius 3 is 2.71 bits per heavy atom. The van der Waals surface area contributed by atoms with Crippen molar-refractivity contribution < 1.29 is 22.4 Å². The predicted octanol–water partition coefficient (Wildman–Crippen LogP) is 3.67. The van der Waals surface area contributed by atoms with E-state index < -0.39 is 27.5 Å². The maximum Gasteiger partial charge on any atom is 0.257 e. The summed E-state index contributed by atoms with van der Waals surface area (Å²) >= 11 is 1.26. The summed E-state index contributed by atoms with van der Waals surface area (Å²) in [6, 6.07) is 12.5. The first-order valence-corrected chi connectivity index (χ1v) is 12.3. The maximum atomic E-state index is 13.4. The number of anilines is 1. The van der Waals surface area contributed by atoms with Crippen LogP contribution in [-0.2, 0) is 16.4 Å². The lowest BCUT2D eigenvalue weighted by atomic mass is 10.1. The van der Waals surface area contributed by atoms with E-state index in [0.717, 1.165) is 4.88 Å². The molecule has 2 N–H and O–H groups in total. The van der Waals surface area contributed by atoms with E-state index in [2.05, 4.69) is 20.6 Å². The Hall–Kier alpha value is -3.96. The molecule has 2 aromatic heterocycles. The zero-order valence-corrected chi connectivity index (χ0v) is 18.9. The van der Waals surface area contributed by atoms with E-state index in [0.29, 0.717) is 10.7 Å². The molecule has 0 spiro atoms. The van der Waals surface area contributed by atoms with Crippen LogP contribution in [0.2, 0.25) is 0 Å². The molecule has 0 saturated heterocycles. The number of aromatic nitrogens is 2. The van der Waals surface area contributed by atoms with Gasteiger partial charge in [-0.2, -0.15) is 0 Å². The summed E-state index contributed by atoms with van der Waals surface area (Å²) in [5, 5.41) is 5.84. The lowest BCUT2D eigenvalue weighted by molar-refractivity contribution is 0.0949. The topological polar surface area (TPSA) is 118 Å². The first-order chi connectivity index (χ1) is 16.3. The molecule has 4 aromatic rings. The van der Waals surface area contributed by atoms with Gasteiger partial charge in [0.25, 0.3) is 11.8 Å². The second kappa shape index (κ2) is 8.43. The Morgan fingerprint density at radius 2 is 1.88 bits per heavy atom. The lowest BCUT2D eigenvalue weighted by Gasteiger charge is -2.10. The van der Waals surface area contributed by atoms with Gasteiger partial charge in [0.05, 0.1) is 27.6 Å². The molecule has 0 saturated carbocycles. The molecule has 170 valence electrons. The van der Waals surface area contributed by atoms with Gasteiger partial charge in [0.2, 0.25) is 9.84 Å². The molecule has 8 nitrogen and oxygen atoms in total. The highest BCUT2D eigenvalue weighted by Crippen LogP contribution is 2.34. The number of fused-ring (bicyclic) bond motifs is 2. The van der Waals surface area contributed by atoms with Crippen LogP contribution >= 0.6 is 11.3 Å². The van der Waals surface area contributed by atoms with E-state index >= 15 is 0 Å². The lowest BCUT2D eigenvalue weighted by Crippen LogP contribution is -2.22. The van der Waals surface area contributed by atoms with Gasteiger partial charge in [0, 0.05) is 28.9 Å². The van der Waals surface area contributed by atoms with Crippen LogP contribution in [0.15, 0.2) is 76.8 Å². The number of thiazole rings is 1. The number of carbonyl (C=O) groups excluding carboxylic acids is 2. The van der Waals surface area contributed by atoms with Crippen molar-refractivity contribution in [2.24, 2.45) is 0 Å². The molecular formula is C23H15FN4O4S2. The van der Waals surface area contributed by atoms with Gasteiger partial charge < -0.3 is 10.6 Å². The summed E-state index contributed by atoms with van der Waals surface area (Å²) in [6.45, 7) is 0.152. The number of rotatable bonds is 4. The molecule has 0 atom stereocenters. The first kappa shape index (κ1) is 21.9. The summed E-state index contributed by atoms with van der Waals surface area (Å²) in [7, 11) is -3.95. The van der Waals surface area contributed by atoms with Crippen LogP contribution in [0.3, 0.4) is 0 Å². The van der Waals surface area contributed by atoms with Gasteiger partial charge in [0.1, 0.15) is 16.5 Å². The third kappa shape index (κ3) is 3.95. The molecule has 3 heterocycles. The molecule has 1 aliphatic rings. The number of amides is 2. The molecule has 0 radical (unpaired) electrons. The van der Waals surface area contributed by atoms with Gasteiger partial charge in [-0.15, -0.1) is 11.3 Å². The van der Waals surface area contributed by atoms with E-state index in [4.69, 9.17) is 0 Å². The number of nitrogens with one attached hydrogen (secondary N) is 2. The maximum absolute atomic E-state index is 13.4. The van der Waals surface area contributed by atoms with Gasteiger partial charge in [-0.3, -0.25) is 14.6 Å². The fourth-order valence-corrected chi connectivity index (χ4v) is 5.91. The van der Waals surface area contributed by atoms with E-state index in [1.807, 2.05) is 0 Å². The monoisotopic (exact) mass is 494 g/mol. The molecule has 2 amide bonds. The van der Waals surface area contributed by atoms with Crippen LogP contribution in [0.1, 0.15) is 25.6 Å². The molecule has 2 aromatic carbocycles. The van der Waals surface area contributed by atoms with Crippen molar-refractivity contribution in [2.75, 3.05) is 5.32 Å². The van der Waals surface area contributed by atoms with Gasteiger partial charge in [0.15, 0.2) is 0 Å². The quantitative estimate of drug-likeness (QED) is 0.447. The van der Waals surface area contributed by atoms with Crippen LogP contribution < -0.4 is 10.6 Å². The average Bonchev–Trinajstić information content (AvgIpc) is 3.28. The normalized spacial score (nSPS) is 13.9. The Labute approximate surface area is 197 Å². The van der Waals surface area contributed by atoms with Crippen LogP contribution in [0, 0.1) is 5.82 Å².